The lowest BCUT2D eigenvalue weighted by Gasteiger charge is -2.12. The molecule has 2 aromatic heterocycles. The van der Waals surface area contributed by atoms with Gasteiger partial charge in [-0.1, -0.05) is 42.5 Å². The zero-order valence-corrected chi connectivity index (χ0v) is 14.1. The van der Waals surface area contributed by atoms with Gasteiger partial charge in [-0.2, -0.15) is 0 Å². The summed E-state index contributed by atoms with van der Waals surface area (Å²) in [4.78, 5) is 9.43. The van der Waals surface area contributed by atoms with E-state index in [9.17, 15) is 5.11 Å². The number of aromatic hydroxyl groups is 1. The largest absolute Gasteiger partial charge is 0.508 e. The molecule has 0 radical (unpaired) electrons. The molecule has 5 rings (SSSR count). The number of aromatic nitrogens is 2. The van der Waals surface area contributed by atoms with Crippen LogP contribution in [0.2, 0.25) is 0 Å². The van der Waals surface area contributed by atoms with Gasteiger partial charge in [0.25, 0.3) is 0 Å². The molecule has 124 valence electrons. The highest BCUT2D eigenvalue weighted by atomic mass is 16.3. The first-order chi connectivity index (χ1) is 12.8. The molecule has 26 heavy (non-hydrogen) atoms. The smallest absolute Gasteiger partial charge is 0.115 e. The van der Waals surface area contributed by atoms with Gasteiger partial charge >= 0.3 is 0 Å². The van der Waals surface area contributed by atoms with Gasteiger partial charge < -0.3 is 5.11 Å². The van der Waals surface area contributed by atoms with E-state index >= 15 is 0 Å². The zero-order valence-electron chi connectivity index (χ0n) is 14.1. The Kier molecular flexibility index (Phi) is 3.32. The molecule has 0 atom stereocenters. The first-order valence-electron chi connectivity index (χ1n) is 8.62. The van der Waals surface area contributed by atoms with E-state index in [1.807, 2.05) is 30.3 Å². The van der Waals surface area contributed by atoms with E-state index in [-0.39, 0.29) is 5.75 Å². The molecule has 0 fully saturated rings. The Hall–Kier alpha value is -3.46. The van der Waals surface area contributed by atoms with Crippen molar-refractivity contribution in [2.45, 2.75) is 6.42 Å². The highest BCUT2D eigenvalue weighted by molar-refractivity contribution is 5.85. The number of pyridine rings is 2. The molecule has 3 heteroatoms. The highest BCUT2D eigenvalue weighted by Gasteiger charge is 2.24. The Balaban J connectivity index is 1.78. The first-order valence-corrected chi connectivity index (χ1v) is 8.62. The highest BCUT2D eigenvalue weighted by Crippen LogP contribution is 2.42. The summed E-state index contributed by atoms with van der Waals surface area (Å²) in [6.45, 7) is 0. The lowest BCUT2D eigenvalue weighted by molar-refractivity contribution is 0.475. The number of hydrogen-bond acceptors (Lipinski definition) is 3. The van der Waals surface area contributed by atoms with E-state index in [1.165, 1.54) is 16.7 Å². The maximum Gasteiger partial charge on any atom is 0.115 e. The van der Waals surface area contributed by atoms with Crippen molar-refractivity contribution in [3.8, 4) is 39.5 Å². The van der Waals surface area contributed by atoms with Gasteiger partial charge in [0, 0.05) is 18.2 Å². The molecule has 0 saturated carbocycles. The van der Waals surface area contributed by atoms with Gasteiger partial charge in [-0.3, -0.25) is 4.98 Å². The summed E-state index contributed by atoms with van der Waals surface area (Å²) in [6.07, 6.45) is 2.66. The fourth-order valence-corrected chi connectivity index (χ4v) is 3.61. The van der Waals surface area contributed by atoms with Crippen molar-refractivity contribution in [2.24, 2.45) is 0 Å². The van der Waals surface area contributed by atoms with Crippen LogP contribution in [0, 0.1) is 0 Å². The van der Waals surface area contributed by atoms with E-state index in [1.54, 1.807) is 18.3 Å². The molecule has 2 heterocycles. The van der Waals surface area contributed by atoms with Crippen molar-refractivity contribution < 1.29 is 5.11 Å². The van der Waals surface area contributed by atoms with Crippen LogP contribution in [-0.4, -0.2) is 15.1 Å². The normalized spacial score (nSPS) is 11.8. The number of hydrogen-bond donors (Lipinski definition) is 1. The SMILES string of the molecule is Oc1ccc(-c2cc(-c3ccccn3)nc3c2Cc2ccccc2-3)cc1. The average molecular weight is 336 g/mol. The minimum Gasteiger partial charge on any atom is -0.508 e. The number of rotatable bonds is 2. The summed E-state index contributed by atoms with van der Waals surface area (Å²) in [5, 5.41) is 9.65. The average Bonchev–Trinajstić information content (AvgIpc) is 3.07. The zero-order chi connectivity index (χ0) is 17.5. The van der Waals surface area contributed by atoms with Crippen molar-refractivity contribution in [2.75, 3.05) is 0 Å². The molecular formula is C23H16N2O. The first kappa shape index (κ1) is 14.8. The lowest BCUT2D eigenvalue weighted by Crippen LogP contribution is -1.95. The van der Waals surface area contributed by atoms with E-state index < -0.39 is 0 Å². The maximum atomic E-state index is 9.65. The van der Waals surface area contributed by atoms with E-state index in [0.29, 0.717) is 0 Å². The lowest BCUT2D eigenvalue weighted by atomic mass is 9.97. The van der Waals surface area contributed by atoms with Crippen LogP contribution >= 0.6 is 0 Å². The molecule has 4 aromatic rings. The number of nitrogens with zero attached hydrogens (tertiary/aromatic N) is 2. The maximum absolute atomic E-state index is 9.65. The third-order valence-electron chi connectivity index (χ3n) is 4.87. The molecule has 0 saturated heterocycles. The number of phenolic OH excluding ortho intramolecular Hbond substituents is 1. The van der Waals surface area contributed by atoms with Crippen molar-refractivity contribution in [3.05, 3.63) is 90.1 Å². The summed E-state index contributed by atoms with van der Waals surface area (Å²) < 4.78 is 0. The van der Waals surface area contributed by atoms with Crippen LogP contribution in [0.1, 0.15) is 11.1 Å². The van der Waals surface area contributed by atoms with Crippen LogP contribution in [-0.2, 0) is 6.42 Å². The second-order valence-electron chi connectivity index (χ2n) is 6.48. The fraction of sp³-hybridized carbons (Fsp3) is 0.0435. The molecule has 0 spiro atoms. The summed E-state index contributed by atoms with van der Waals surface area (Å²) in [5.41, 5.74) is 8.71. The Morgan fingerprint density at radius 1 is 0.769 bits per heavy atom. The van der Waals surface area contributed by atoms with Gasteiger partial charge in [0.15, 0.2) is 0 Å². The van der Waals surface area contributed by atoms with Gasteiger partial charge in [0.1, 0.15) is 5.75 Å². The van der Waals surface area contributed by atoms with Crippen LogP contribution in [0.4, 0.5) is 0 Å². The molecule has 2 aromatic carbocycles. The van der Waals surface area contributed by atoms with Crippen LogP contribution in [0.25, 0.3) is 33.8 Å². The van der Waals surface area contributed by atoms with Crippen molar-refractivity contribution in [1.82, 2.24) is 9.97 Å². The van der Waals surface area contributed by atoms with Crippen LogP contribution in [0.3, 0.4) is 0 Å². The summed E-state index contributed by atoms with van der Waals surface area (Å²) in [7, 11) is 0. The summed E-state index contributed by atoms with van der Waals surface area (Å²) in [6, 6.07) is 23.8. The molecule has 0 aliphatic heterocycles. The molecule has 0 bridgehead atoms. The molecule has 1 N–H and O–H groups in total. The molecular weight excluding hydrogens is 320 g/mol. The molecule has 0 unspecified atom stereocenters. The molecule has 1 aliphatic carbocycles. The standard InChI is InChI=1S/C23H16N2O/c26-17-10-8-15(9-11-17)19-14-22(21-7-3-4-12-24-21)25-23-18-6-2-1-5-16(18)13-20(19)23/h1-12,14,26H,13H2. The minimum atomic E-state index is 0.271. The summed E-state index contributed by atoms with van der Waals surface area (Å²) in [5.74, 6) is 0.271. The van der Waals surface area contributed by atoms with Crippen LogP contribution in [0.5, 0.6) is 5.75 Å². The topological polar surface area (TPSA) is 46.0 Å². The Bertz CT molecular complexity index is 1100. The van der Waals surface area contributed by atoms with Crippen LogP contribution < -0.4 is 0 Å². The van der Waals surface area contributed by atoms with E-state index in [4.69, 9.17) is 4.98 Å². The predicted octanol–water partition coefficient (Wildman–Crippen LogP) is 5.09. The quantitative estimate of drug-likeness (QED) is 0.488. The Labute approximate surface area is 151 Å². The van der Waals surface area contributed by atoms with Gasteiger partial charge in [0.05, 0.1) is 17.1 Å². The van der Waals surface area contributed by atoms with E-state index in [2.05, 4.69) is 35.3 Å². The van der Waals surface area contributed by atoms with E-state index in [0.717, 1.165) is 34.6 Å². The number of phenols is 1. The Morgan fingerprint density at radius 2 is 1.58 bits per heavy atom. The predicted molar refractivity (Wildman–Crippen MR) is 103 cm³/mol. The molecule has 0 amide bonds. The van der Waals surface area contributed by atoms with Crippen LogP contribution in [0.15, 0.2) is 79.0 Å². The van der Waals surface area contributed by atoms with Gasteiger partial charge in [-0.25, -0.2) is 4.98 Å². The van der Waals surface area contributed by atoms with Gasteiger partial charge in [-0.15, -0.1) is 0 Å². The summed E-state index contributed by atoms with van der Waals surface area (Å²) >= 11 is 0. The van der Waals surface area contributed by atoms with Gasteiger partial charge in [-0.05, 0) is 52.6 Å². The minimum absolute atomic E-state index is 0.271. The third kappa shape index (κ3) is 2.37. The van der Waals surface area contributed by atoms with Gasteiger partial charge in [0.2, 0.25) is 0 Å². The second kappa shape index (κ2) is 5.81. The van der Waals surface area contributed by atoms with Crippen molar-refractivity contribution in [3.63, 3.8) is 0 Å². The second-order valence-corrected chi connectivity index (χ2v) is 6.48. The molecule has 3 nitrogen and oxygen atoms in total. The third-order valence-corrected chi connectivity index (χ3v) is 4.87. The number of benzene rings is 2. The fourth-order valence-electron chi connectivity index (χ4n) is 3.61. The van der Waals surface area contributed by atoms with Crippen molar-refractivity contribution in [1.29, 1.82) is 0 Å². The Morgan fingerprint density at radius 3 is 2.38 bits per heavy atom. The number of fused-ring (bicyclic) bond motifs is 3. The van der Waals surface area contributed by atoms with Crippen molar-refractivity contribution >= 4 is 0 Å². The molecule has 1 aliphatic rings. The monoisotopic (exact) mass is 336 g/mol.